The molecule has 0 saturated carbocycles. The van der Waals surface area contributed by atoms with Crippen molar-refractivity contribution in [2.24, 2.45) is 0 Å². The van der Waals surface area contributed by atoms with Crippen LogP contribution in [0.2, 0.25) is 0 Å². The first-order valence-corrected chi connectivity index (χ1v) is 9.72. The van der Waals surface area contributed by atoms with E-state index < -0.39 is 30.3 Å². The molecule has 0 bridgehead atoms. The number of amides is 2. The van der Waals surface area contributed by atoms with Crippen molar-refractivity contribution in [1.29, 1.82) is 0 Å². The maximum Gasteiger partial charge on any atom is 0.259 e. The van der Waals surface area contributed by atoms with Crippen molar-refractivity contribution in [2.45, 2.75) is 12.6 Å². The molecular formula is C23H18FN3O4. The Morgan fingerprint density at radius 2 is 1.68 bits per heavy atom. The minimum Gasteiger partial charge on any atom is -0.394 e. The molecule has 3 heterocycles. The lowest BCUT2D eigenvalue weighted by Crippen LogP contribution is -2.22. The van der Waals surface area contributed by atoms with Crippen molar-refractivity contribution in [3.63, 3.8) is 0 Å². The van der Waals surface area contributed by atoms with Crippen LogP contribution in [0.5, 0.6) is 0 Å². The Morgan fingerprint density at radius 3 is 2.45 bits per heavy atom. The van der Waals surface area contributed by atoms with Gasteiger partial charge in [-0.25, -0.2) is 4.39 Å². The number of aromatic nitrogens is 2. The number of aliphatic hydroxyl groups excluding tert-OH is 2. The standard InChI is InChI=1S/C23H18FN3O4/c24-17-6-3-5-14-16(10-27(21(14)17)9-12(29)11-28)20-19(22(30)26-23(20)31)15-8-25-18-7-2-1-4-13(15)18/h1-8,10,12,25,28-29H,9,11H2,(H,26,30,31). The van der Waals surface area contributed by atoms with Gasteiger partial charge in [0.2, 0.25) is 0 Å². The van der Waals surface area contributed by atoms with Crippen LogP contribution in [0.4, 0.5) is 4.39 Å². The summed E-state index contributed by atoms with van der Waals surface area (Å²) in [6.45, 7) is -0.565. The number of hydrogen-bond acceptors (Lipinski definition) is 4. The number of nitrogens with one attached hydrogen (secondary N) is 2. The van der Waals surface area contributed by atoms with Crippen LogP contribution in [0.15, 0.2) is 54.9 Å². The Bertz CT molecular complexity index is 1400. The summed E-state index contributed by atoms with van der Waals surface area (Å²) in [5.41, 5.74) is 2.29. The summed E-state index contributed by atoms with van der Waals surface area (Å²) in [5, 5.41) is 22.7. The van der Waals surface area contributed by atoms with Crippen molar-refractivity contribution in [3.8, 4) is 0 Å². The molecule has 0 radical (unpaired) electrons. The molecule has 4 aromatic rings. The van der Waals surface area contributed by atoms with Crippen LogP contribution in [-0.4, -0.2) is 44.3 Å². The van der Waals surface area contributed by atoms with Gasteiger partial charge >= 0.3 is 0 Å². The minimum absolute atomic E-state index is 0.0702. The van der Waals surface area contributed by atoms with E-state index in [1.165, 1.54) is 22.9 Å². The molecule has 0 fully saturated rings. The van der Waals surface area contributed by atoms with E-state index in [-0.39, 0.29) is 23.2 Å². The van der Waals surface area contributed by atoms with Gasteiger partial charge in [-0.2, -0.15) is 0 Å². The van der Waals surface area contributed by atoms with Gasteiger partial charge in [0.1, 0.15) is 5.82 Å². The fraction of sp³-hybridized carbons (Fsp3) is 0.130. The van der Waals surface area contributed by atoms with Gasteiger partial charge in [0.15, 0.2) is 0 Å². The summed E-state index contributed by atoms with van der Waals surface area (Å²) in [6.07, 6.45) is 2.10. The Kier molecular flexibility index (Phi) is 4.46. The van der Waals surface area contributed by atoms with Crippen LogP contribution >= 0.6 is 0 Å². The summed E-state index contributed by atoms with van der Waals surface area (Å²) in [6, 6.07) is 11.9. The molecule has 5 rings (SSSR count). The van der Waals surface area contributed by atoms with Gasteiger partial charge < -0.3 is 19.8 Å². The van der Waals surface area contributed by atoms with E-state index in [0.717, 1.165) is 10.9 Å². The lowest BCUT2D eigenvalue weighted by Gasteiger charge is -2.09. The van der Waals surface area contributed by atoms with Crippen LogP contribution < -0.4 is 5.32 Å². The summed E-state index contributed by atoms with van der Waals surface area (Å²) in [7, 11) is 0. The SMILES string of the molecule is O=C1NC(=O)C(c2cn(CC(O)CO)c3c(F)cccc23)=C1c1c[nH]c2ccccc12. The Morgan fingerprint density at radius 1 is 0.968 bits per heavy atom. The van der Waals surface area contributed by atoms with Gasteiger partial charge in [-0.15, -0.1) is 0 Å². The molecule has 2 aromatic carbocycles. The zero-order chi connectivity index (χ0) is 21.7. The number of rotatable bonds is 5. The normalized spacial score (nSPS) is 15.3. The molecule has 1 atom stereocenters. The van der Waals surface area contributed by atoms with Crippen LogP contribution in [-0.2, 0) is 16.1 Å². The van der Waals surface area contributed by atoms with E-state index in [9.17, 15) is 24.2 Å². The summed E-state index contributed by atoms with van der Waals surface area (Å²) in [5.74, 6) is -1.64. The predicted octanol–water partition coefficient (Wildman–Crippen LogP) is 2.18. The van der Waals surface area contributed by atoms with Gasteiger partial charge in [0.25, 0.3) is 11.8 Å². The van der Waals surface area contributed by atoms with Gasteiger partial charge in [0.05, 0.1) is 35.9 Å². The van der Waals surface area contributed by atoms with E-state index in [4.69, 9.17) is 0 Å². The molecule has 31 heavy (non-hydrogen) atoms. The first kappa shape index (κ1) is 19.2. The number of H-pyrrole nitrogens is 1. The van der Waals surface area contributed by atoms with Crippen LogP contribution in [0.1, 0.15) is 11.1 Å². The summed E-state index contributed by atoms with van der Waals surface area (Å²) in [4.78, 5) is 28.7. The van der Waals surface area contributed by atoms with Gasteiger partial charge in [0, 0.05) is 39.8 Å². The summed E-state index contributed by atoms with van der Waals surface area (Å²) < 4.78 is 16.2. The molecule has 1 unspecified atom stereocenters. The number of aromatic amines is 1. The Balaban J connectivity index is 1.81. The van der Waals surface area contributed by atoms with Gasteiger partial charge in [-0.3, -0.25) is 14.9 Å². The van der Waals surface area contributed by atoms with E-state index in [2.05, 4.69) is 10.3 Å². The number of benzene rings is 2. The van der Waals surface area contributed by atoms with Crippen molar-refractivity contribution < 1.29 is 24.2 Å². The molecule has 156 valence electrons. The van der Waals surface area contributed by atoms with Crippen LogP contribution in [0.3, 0.4) is 0 Å². The summed E-state index contributed by atoms with van der Waals surface area (Å²) >= 11 is 0. The third kappa shape index (κ3) is 2.96. The molecule has 4 N–H and O–H groups in total. The fourth-order valence-corrected chi connectivity index (χ4v) is 4.19. The molecule has 2 aromatic heterocycles. The second-order valence-corrected chi connectivity index (χ2v) is 7.45. The fourth-order valence-electron chi connectivity index (χ4n) is 4.19. The number of imide groups is 1. The molecule has 8 heteroatoms. The maximum atomic E-state index is 14.7. The molecule has 2 amide bonds. The zero-order valence-electron chi connectivity index (χ0n) is 16.2. The minimum atomic E-state index is -1.11. The lowest BCUT2D eigenvalue weighted by atomic mass is 9.95. The Labute approximate surface area is 175 Å². The third-order valence-electron chi connectivity index (χ3n) is 5.53. The average molecular weight is 419 g/mol. The molecule has 1 aliphatic heterocycles. The van der Waals surface area contributed by atoms with Crippen LogP contribution in [0.25, 0.3) is 33.0 Å². The average Bonchev–Trinajstić information content (AvgIpc) is 3.41. The topological polar surface area (TPSA) is 107 Å². The number of fused-ring (bicyclic) bond motifs is 2. The number of para-hydroxylation sites is 2. The zero-order valence-corrected chi connectivity index (χ0v) is 16.2. The third-order valence-corrected chi connectivity index (χ3v) is 5.53. The van der Waals surface area contributed by atoms with Gasteiger partial charge in [-0.1, -0.05) is 30.3 Å². The molecular weight excluding hydrogens is 401 g/mol. The highest BCUT2D eigenvalue weighted by Crippen LogP contribution is 2.38. The molecule has 0 saturated heterocycles. The van der Waals surface area contributed by atoms with Crippen molar-refractivity contribution in [1.82, 2.24) is 14.9 Å². The number of carbonyl (C=O) groups excluding carboxylic acids is 2. The quantitative estimate of drug-likeness (QED) is 0.372. The monoisotopic (exact) mass is 419 g/mol. The second-order valence-electron chi connectivity index (χ2n) is 7.45. The van der Waals surface area contributed by atoms with Crippen molar-refractivity contribution in [3.05, 3.63) is 71.8 Å². The van der Waals surface area contributed by atoms with Crippen LogP contribution in [0, 0.1) is 5.82 Å². The first-order valence-electron chi connectivity index (χ1n) is 9.72. The van der Waals surface area contributed by atoms with E-state index in [1.807, 2.05) is 24.3 Å². The first-order chi connectivity index (χ1) is 15.0. The van der Waals surface area contributed by atoms with Gasteiger partial charge in [-0.05, 0) is 12.1 Å². The number of halogens is 1. The largest absolute Gasteiger partial charge is 0.394 e. The Hall–Kier alpha value is -3.75. The van der Waals surface area contributed by atoms with E-state index in [0.29, 0.717) is 16.5 Å². The molecule has 7 nitrogen and oxygen atoms in total. The van der Waals surface area contributed by atoms with Crippen molar-refractivity contribution >= 4 is 44.8 Å². The number of hydrogen-bond donors (Lipinski definition) is 4. The molecule has 1 aliphatic rings. The number of nitrogens with zero attached hydrogens (tertiary/aromatic N) is 1. The lowest BCUT2D eigenvalue weighted by molar-refractivity contribution is -0.122. The smallest absolute Gasteiger partial charge is 0.259 e. The maximum absolute atomic E-state index is 14.7. The molecule has 0 aliphatic carbocycles. The van der Waals surface area contributed by atoms with E-state index >= 15 is 0 Å². The highest BCUT2D eigenvalue weighted by atomic mass is 19.1. The van der Waals surface area contributed by atoms with Crippen molar-refractivity contribution in [2.75, 3.05) is 6.61 Å². The number of carbonyl (C=O) groups is 2. The number of aliphatic hydroxyl groups is 2. The molecule has 0 spiro atoms. The second kappa shape index (κ2) is 7.19. The highest BCUT2D eigenvalue weighted by Gasteiger charge is 2.35. The predicted molar refractivity (Wildman–Crippen MR) is 113 cm³/mol. The van der Waals surface area contributed by atoms with E-state index in [1.54, 1.807) is 12.3 Å². The highest BCUT2D eigenvalue weighted by molar-refractivity contribution is 6.50.